The zero-order valence-corrected chi connectivity index (χ0v) is 22.5. The molecule has 0 bridgehead atoms. The van der Waals surface area contributed by atoms with Crippen LogP contribution in [0, 0.1) is 5.41 Å². The monoisotopic (exact) mass is 549 g/mol. The summed E-state index contributed by atoms with van der Waals surface area (Å²) in [7, 11) is 1.40. The van der Waals surface area contributed by atoms with Crippen molar-refractivity contribution in [1.29, 1.82) is 5.41 Å². The molecule has 38 heavy (non-hydrogen) atoms. The first kappa shape index (κ1) is 30.7. The average molecular weight is 550 g/mol. The van der Waals surface area contributed by atoms with Gasteiger partial charge in [0.25, 0.3) is 0 Å². The molecule has 0 aliphatic carbocycles. The molecular formula is C26H36FN5O5S. The number of nitrogens with two attached hydrogens (primary N) is 2. The number of carbonyl (C=O) groups is 3. The van der Waals surface area contributed by atoms with Crippen molar-refractivity contribution in [1.82, 2.24) is 10.2 Å². The molecule has 1 aliphatic rings. The lowest BCUT2D eigenvalue weighted by molar-refractivity contribution is -0.139. The van der Waals surface area contributed by atoms with Crippen LogP contribution < -0.4 is 21.5 Å². The molecule has 6 N–H and O–H groups in total. The smallest absolute Gasteiger partial charge is 0.243 e. The van der Waals surface area contributed by atoms with Crippen LogP contribution in [0.25, 0.3) is 0 Å². The van der Waals surface area contributed by atoms with Crippen LogP contribution >= 0.6 is 11.3 Å². The third kappa shape index (κ3) is 9.10. The zero-order valence-electron chi connectivity index (χ0n) is 21.7. The number of para-hydroxylation sites is 1. The van der Waals surface area contributed by atoms with Gasteiger partial charge >= 0.3 is 0 Å². The predicted molar refractivity (Wildman–Crippen MR) is 144 cm³/mol. The zero-order chi connectivity index (χ0) is 28.1. The number of rotatable bonds is 12. The highest BCUT2D eigenvalue weighted by molar-refractivity contribution is 7.10. The lowest BCUT2D eigenvalue weighted by Gasteiger charge is -2.25. The van der Waals surface area contributed by atoms with Crippen molar-refractivity contribution < 1.29 is 28.2 Å². The van der Waals surface area contributed by atoms with Gasteiger partial charge in [-0.15, -0.1) is 11.3 Å². The normalized spacial score (nSPS) is 19.1. The summed E-state index contributed by atoms with van der Waals surface area (Å²) in [5.41, 5.74) is 8.50. The molecule has 3 atom stereocenters. The lowest BCUT2D eigenvalue weighted by atomic mass is 10.0. The van der Waals surface area contributed by atoms with Crippen LogP contribution in [-0.2, 0) is 19.1 Å². The SMILES string of the molecule is COCC1(F)CC(C(=O)N[C@H](C)c2cc(C(=N)N)cs2)N(C(=O)CCCCOc2ccccc2)C1.NC=O. The second-order valence-corrected chi connectivity index (χ2v) is 9.90. The Labute approximate surface area is 226 Å². The highest BCUT2D eigenvalue weighted by Crippen LogP contribution is 2.33. The quantitative estimate of drug-likeness (QED) is 0.138. The van der Waals surface area contributed by atoms with Gasteiger partial charge in [0.2, 0.25) is 18.2 Å². The van der Waals surface area contributed by atoms with Crippen molar-refractivity contribution in [2.45, 2.75) is 50.4 Å². The van der Waals surface area contributed by atoms with Crippen molar-refractivity contribution >= 4 is 35.4 Å². The second-order valence-electron chi connectivity index (χ2n) is 8.96. The number of thiophene rings is 1. The van der Waals surface area contributed by atoms with Crippen LogP contribution in [-0.4, -0.2) is 67.5 Å². The molecule has 1 aromatic heterocycles. The molecule has 12 heteroatoms. The van der Waals surface area contributed by atoms with E-state index in [0.29, 0.717) is 25.0 Å². The minimum atomic E-state index is -1.78. The molecule has 208 valence electrons. The Balaban J connectivity index is 0.00000161. The molecule has 1 saturated heterocycles. The average Bonchev–Trinajstić information content (AvgIpc) is 3.51. The fourth-order valence-corrected chi connectivity index (χ4v) is 5.04. The number of nitrogens with one attached hydrogen (secondary N) is 2. The maximum absolute atomic E-state index is 15.4. The summed E-state index contributed by atoms with van der Waals surface area (Å²) in [6.07, 6.45) is 1.57. The highest BCUT2D eigenvalue weighted by atomic mass is 32.1. The number of ether oxygens (including phenoxy) is 2. The summed E-state index contributed by atoms with van der Waals surface area (Å²) in [6, 6.07) is 9.89. The summed E-state index contributed by atoms with van der Waals surface area (Å²) < 4.78 is 26.0. The van der Waals surface area contributed by atoms with Crippen molar-refractivity contribution in [2.24, 2.45) is 11.5 Å². The topological polar surface area (TPSA) is 161 Å². The molecule has 0 radical (unpaired) electrons. The van der Waals surface area contributed by atoms with Crippen LogP contribution in [0.1, 0.15) is 49.1 Å². The van der Waals surface area contributed by atoms with E-state index in [1.165, 1.54) is 23.3 Å². The van der Waals surface area contributed by atoms with Gasteiger partial charge in [0.05, 0.1) is 25.8 Å². The number of methoxy groups -OCH3 is 1. The molecular weight excluding hydrogens is 513 g/mol. The van der Waals surface area contributed by atoms with Crippen LogP contribution in [0.15, 0.2) is 41.8 Å². The Morgan fingerprint density at radius 2 is 2.03 bits per heavy atom. The first-order valence-corrected chi connectivity index (χ1v) is 13.1. The summed E-state index contributed by atoms with van der Waals surface area (Å²) >= 11 is 1.38. The van der Waals surface area contributed by atoms with Crippen LogP contribution in [0.3, 0.4) is 0 Å². The number of alkyl halides is 1. The summed E-state index contributed by atoms with van der Waals surface area (Å²) in [4.78, 5) is 36.8. The Kier molecular flexibility index (Phi) is 12.2. The lowest BCUT2D eigenvalue weighted by Crippen LogP contribution is -2.46. The molecule has 2 heterocycles. The molecule has 1 fully saturated rings. The molecule has 1 aromatic carbocycles. The Morgan fingerprint density at radius 1 is 1.34 bits per heavy atom. The number of benzene rings is 1. The van der Waals surface area contributed by atoms with Crippen LogP contribution in [0.4, 0.5) is 4.39 Å². The maximum Gasteiger partial charge on any atom is 0.243 e. The van der Waals surface area contributed by atoms with E-state index in [2.05, 4.69) is 11.1 Å². The number of amides is 3. The van der Waals surface area contributed by atoms with E-state index in [-0.39, 0.29) is 50.2 Å². The van der Waals surface area contributed by atoms with Crippen molar-refractivity contribution in [3.8, 4) is 5.75 Å². The Bertz CT molecular complexity index is 1070. The standard InChI is InChI=1S/C25H33FN4O4S.CH3NO/c1-17(21-12-18(14-35-21)23(27)28)29-24(32)20-13-25(26,16-33-2)15-30(20)22(31)10-6-7-11-34-19-8-4-3-5-9-19;2-1-3/h3-5,8-9,12,14,17,20H,6-7,10-11,13,15-16H2,1-2H3,(H3,27,28)(H,29,32);1H,(H2,2,3)/t17-,20?,25?;/m1./s1. The minimum Gasteiger partial charge on any atom is -0.494 e. The third-order valence-corrected chi connectivity index (χ3v) is 7.04. The van der Waals surface area contributed by atoms with Gasteiger partial charge in [-0.25, -0.2) is 4.39 Å². The Hall–Kier alpha value is -3.51. The van der Waals surface area contributed by atoms with Gasteiger partial charge in [-0.2, -0.15) is 0 Å². The van der Waals surface area contributed by atoms with Gasteiger partial charge < -0.3 is 31.2 Å². The van der Waals surface area contributed by atoms with Crippen molar-refractivity contribution in [3.63, 3.8) is 0 Å². The van der Waals surface area contributed by atoms with Gasteiger partial charge in [0.1, 0.15) is 17.6 Å². The number of hydrogen-bond donors (Lipinski definition) is 4. The second kappa shape index (κ2) is 15.0. The van der Waals surface area contributed by atoms with Crippen LogP contribution in [0.2, 0.25) is 0 Å². The van der Waals surface area contributed by atoms with E-state index in [4.69, 9.17) is 25.4 Å². The number of unbranched alkanes of at least 4 members (excludes halogenated alkanes) is 1. The molecule has 1 aliphatic heterocycles. The number of nitrogens with zero attached hydrogens (tertiary/aromatic N) is 1. The molecule has 10 nitrogen and oxygen atoms in total. The number of hydrogen-bond acceptors (Lipinski definition) is 7. The van der Waals surface area contributed by atoms with Gasteiger partial charge in [0, 0.05) is 35.8 Å². The molecule has 2 aromatic rings. The summed E-state index contributed by atoms with van der Waals surface area (Å²) in [6.45, 7) is 1.91. The largest absolute Gasteiger partial charge is 0.494 e. The fourth-order valence-electron chi connectivity index (χ4n) is 4.13. The number of amidine groups is 1. The molecule has 0 spiro atoms. The number of nitrogen functional groups attached to an aromatic ring is 1. The highest BCUT2D eigenvalue weighted by Gasteiger charge is 2.49. The van der Waals surface area contributed by atoms with E-state index in [0.717, 1.165) is 10.6 Å². The fraction of sp³-hybridized carbons (Fsp3) is 0.462. The first-order valence-electron chi connectivity index (χ1n) is 12.2. The van der Waals surface area contributed by atoms with E-state index >= 15 is 4.39 Å². The van der Waals surface area contributed by atoms with E-state index < -0.39 is 17.6 Å². The predicted octanol–water partition coefficient (Wildman–Crippen LogP) is 2.52. The molecule has 0 saturated carbocycles. The third-order valence-electron chi connectivity index (χ3n) is 5.93. The van der Waals surface area contributed by atoms with E-state index in [1.54, 1.807) is 18.4 Å². The van der Waals surface area contributed by atoms with Gasteiger partial charge in [0.15, 0.2) is 5.67 Å². The van der Waals surface area contributed by atoms with Gasteiger partial charge in [-0.3, -0.25) is 19.8 Å². The molecule has 3 amide bonds. The number of primary amides is 1. The van der Waals surface area contributed by atoms with Crippen molar-refractivity contribution in [2.75, 3.05) is 26.9 Å². The summed E-state index contributed by atoms with van der Waals surface area (Å²) in [5.74, 6) is 0.0523. The molecule has 2 unspecified atom stereocenters. The number of carbonyl (C=O) groups excluding carboxylic acids is 3. The van der Waals surface area contributed by atoms with E-state index in [9.17, 15) is 9.59 Å². The van der Waals surface area contributed by atoms with Gasteiger partial charge in [-0.05, 0) is 38.0 Å². The number of likely N-dealkylation sites (tertiary alicyclic amines) is 1. The maximum atomic E-state index is 15.4. The van der Waals surface area contributed by atoms with E-state index in [1.807, 2.05) is 30.3 Å². The number of halogens is 1. The van der Waals surface area contributed by atoms with Gasteiger partial charge in [-0.1, -0.05) is 18.2 Å². The Morgan fingerprint density at radius 3 is 2.63 bits per heavy atom. The summed E-state index contributed by atoms with van der Waals surface area (Å²) in [5, 5.41) is 12.2. The first-order chi connectivity index (χ1) is 18.1. The van der Waals surface area contributed by atoms with Crippen molar-refractivity contribution in [3.05, 3.63) is 52.2 Å². The molecule has 3 rings (SSSR count). The van der Waals surface area contributed by atoms with Crippen LogP contribution in [0.5, 0.6) is 5.75 Å². The minimum absolute atomic E-state index is 0.0467.